The summed E-state index contributed by atoms with van der Waals surface area (Å²) < 4.78 is 30.7. The van der Waals surface area contributed by atoms with Crippen LogP contribution in [0.15, 0.2) is 82.5 Å². The molecule has 0 aliphatic heterocycles. The molecule has 0 unspecified atom stereocenters. The zero-order valence-corrected chi connectivity index (χ0v) is 19.5. The van der Waals surface area contributed by atoms with E-state index in [0.717, 1.165) is 4.31 Å². The lowest BCUT2D eigenvalue weighted by Gasteiger charge is -2.25. The molecule has 0 bridgehead atoms. The van der Waals surface area contributed by atoms with Gasteiger partial charge >= 0.3 is 5.69 Å². The highest BCUT2D eigenvalue weighted by Gasteiger charge is 2.28. The van der Waals surface area contributed by atoms with E-state index < -0.39 is 22.5 Å². The standard InChI is InChI=1S/C23H21ClN4O4S/c1-26-20-13-12-16(14-21(20)27(2)23(26)30)25-22(29)15-28(19-11-7-6-10-18(19)24)33(31,32)17-8-4-3-5-9-17/h3-14H,15H2,1-2H3,(H,25,29). The lowest BCUT2D eigenvalue weighted by molar-refractivity contribution is -0.114. The smallest absolute Gasteiger partial charge is 0.324 e. The van der Waals surface area contributed by atoms with Crippen molar-refractivity contribution in [1.29, 1.82) is 0 Å². The Morgan fingerprint density at radius 3 is 2.27 bits per heavy atom. The van der Waals surface area contributed by atoms with E-state index in [-0.39, 0.29) is 21.3 Å². The Bertz CT molecular complexity index is 1510. The van der Waals surface area contributed by atoms with Crippen LogP contribution in [0.4, 0.5) is 11.4 Å². The van der Waals surface area contributed by atoms with Crippen molar-refractivity contribution in [1.82, 2.24) is 9.13 Å². The molecular formula is C23H21ClN4O4S. The summed E-state index contributed by atoms with van der Waals surface area (Å²) in [6.45, 7) is -0.493. The molecule has 0 atom stereocenters. The van der Waals surface area contributed by atoms with E-state index in [4.69, 9.17) is 11.6 Å². The first kappa shape index (κ1) is 22.6. The number of halogens is 1. The highest BCUT2D eigenvalue weighted by molar-refractivity contribution is 7.92. The Kier molecular flexibility index (Phi) is 6.01. The minimum atomic E-state index is -4.07. The second-order valence-corrected chi connectivity index (χ2v) is 9.70. The molecule has 0 saturated carbocycles. The van der Waals surface area contributed by atoms with Gasteiger partial charge in [0.1, 0.15) is 6.54 Å². The number of benzene rings is 3. The van der Waals surface area contributed by atoms with Gasteiger partial charge in [-0.15, -0.1) is 0 Å². The zero-order chi connectivity index (χ0) is 23.8. The van der Waals surface area contributed by atoms with E-state index in [9.17, 15) is 18.0 Å². The molecule has 0 spiro atoms. The molecule has 170 valence electrons. The van der Waals surface area contributed by atoms with E-state index >= 15 is 0 Å². The van der Waals surface area contributed by atoms with E-state index in [1.165, 1.54) is 21.3 Å². The average molecular weight is 485 g/mol. The Balaban J connectivity index is 1.68. The van der Waals surface area contributed by atoms with Gasteiger partial charge < -0.3 is 5.32 Å². The van der Waals surface area contributed by atoms with E-state index in [0.29, 0.717) is 16.7 Å². The molecule has 3 aromatic carbocycles. The normalized spacial score (nSPS) is 11.5. The number of nitrogens with zero attached hydrogens (tertiary/aromatic N) is 3. The third-order valence-electron chi connectivity index (χ3n) is 5.30. The van der Waals surface area contributed by atoms with Gasteiger partial charge in [-0.25, -0.2) is 13.2 Å². The quantitative estimate of drug-likeness (QED) is 0.454. The minimum Gasteiger partial charge on any atom is -0.324 e. The number of nitrogens with one attached hydrogen (secondary N) is 1. The number of aryl methyl sites for hydroxylation is 2. The molecule has 0 aliphatic carbocycles. The van der Waals surface area contributed by atoms with E-state index in [1.807, 2.05) is 0 Å². The molecule has 4 rings (SSSR count). The number of anilines is 2. The summed E-state index contributed by atoms with van der Waals surface area (Å²) in [6.07, 6.45) is 0. The predicted octanol–water partition coefficient (Wildman–Crippen LogP) is 3.36. The van der Waals surface area contributed by atoms with Crippen molar-refractivity contribution >= 4 is 49.9 Å². The fourth-order valence-corrected chi connectivity index (χ4v) is 5.34. The molecule has 0 saturated heterocycles. The number of rotatable bonds is 6. The minimum absolute atomic E-state index is 0.0402. The monoisotopic (exact) mass is 484 g/mol. The summed E-state index contributed by atoms with van der Waals surface area (Å²) in [5.74, 6) is -0.560. The van der Waals surface area contributed by atoms with Crippen molar-refractivity contribution in [3.05, 3.63) is 88.3 Å². The fourth-order valence-electron chi connectivity index (χ4n) is 3.59. The van der Waals surface area contributed by atoms with Gasteiger partial charge in [0.05, 0.1) is 26.6 Å². The van der Waals surface area contributed by atoms with Crippen LogP contribution in [0.3, 0.4) is 0 Å². The van der Waals surface area contributed by atoms with Crippen molar-refractivity contribution in [2.45, 2.75) is 4.90 Å². The van der Waals surface area contributed by atoms with Crippen molar-refractivity contribution in [2.24, 2.45) is 14.1 Å². The SMILES string of the molecule is Cn1c(=O)n(C)c2cc(NC(=O)CN(c3ccccc3Cl)S(=O)(=O)c3ccccc3)ccc21. The van der Waals surface area contributed by atoms with E-state index in [2.05, 4.69) is 5.32 Å². The van der Waals surface area contributed by atoms with Crippen LogP contribution in [0, 0.1) is 0 Å². The number of carbonyl (C=O) groups excluding carboxylic acids is 1. The van der Waals surface area contributed by atoms with Crippen LogP contribution in [0.1, 0.15) is 0 Å². The highest BCUT2D eigenvalue weighted by Crippen LogP contribution is 2.30. The first-order valence-electron chi connectivity index (χ1n) is 9.98. The summed E-state index contributed by atoms with van der Waals surface area (Å²) in [5, 5.41) is 2.92. The number of hydrogen-bond donors (Lipinski definition) is 1. The summed E-state index contributed by atoms with van der Waals surface area (Å²) in [5.41, 5.74) is 1.79. The van der Waals surface area contributed by atoms with Crippen molar-refractivity contribution < 1.29 is 13.2 Å². The third kappa shape index (κ3) is 4.24. The molecule has 1 N–H and O–H groups in total. The van der Waals surface area contributed by atoms with Gasteiger partial charge in [0.15, 0.2) is 0 Å². The Morgan fingerprint density at radius 2 is 1.58 bits per heavy atom. The number of hydrogen-bond acceptors (Lipinski definition) is 4. The number of para-hydroxylation sites is 1. The summed E-state index contributed by atoms with van der Waals surface area (Å²) in [6, 6.07) is 19.3. The maximum atomic E-state index is 13.4. The van der Waals surface area contributed by atoms with Crippen LogP contribution in [-0.4, -0.2) is 30.0 Å². The average Bonchev–Trinajstić information content (AvgIpc) is 3.02. The molecule has 1 heterocycles. The molecule has 10 heteroatoms. The summed E-state index contributed by atoms with van der Waals surface area (Å²) in [7, 11) is -0.762. The van der Waals surface area contributed by atoms with Gasteiger partial charge in [-0.3, -0.25) is 18.2 Å². The lowest BCUT2D eigenvalue weighted by atomic mass is 10.2. The van der Waals surface area contributed by atoms with Crippen LogP contribution in [0.25, 0.3) is 11.0 Å². The number of aromatic nitrogens is 2. The predicted molar refractivity (Wildman–Crippen MR) is 129 cm³/mol. The molecule has 1 amide bonds. The van der Waals surface area contributed by atoms with Crippen LogP contribution in [0.2, 0.25) is 5.02 Å². The lowest BCUT2D eigenvalue weighted by Crippen LogP contribution is -2.38. The Labute approximate surface area is 195 Å². The molecule has 0 aliphatic rings. The maximum Gasteiger partial charge on any atom is 0.328 e. The Morgan fingerprint density at radius 1 is 0.939 bits per heavy atom. The van der Waals surface area contributed by atoms with Gasteiger partial charge in [-0.05, 0) is 42.5 Å². The second kappa shape index (κ2) is 8.76. The molecule has 0 radical (unpaired) electrons. The van der Waals surface area contributed by atoms with E-state index in [1.54, 1.807) is 74.8 Å². The summed E-state index contributed by atoms with van der Waals surface area (Å²) >= 11 is 6.28. The first-order valence-corrected chi connectivity index (χ1v) is 11.8. The number of carbonyl (C=O) groups is 1. The van der Waals surface area contributed by atoms with Crippen molar-refractivity contribution in [3.8, 4) is 0 Å². The number of amides is 1. The molecule has 33 heavy (non-hydrogen) atoms. The van der Waals surface area contributed by atoms with Crippen molar-refractivity contribution in [3.63, 3.8) is 0 Å². The Hall–Kier alpha value is -3.56. The first-order chi connectivity index (χ1) is 15.7. The highest BCUT2D eigenvalue weighted by atomic mass is 35.5. The van der Waals surface area contributed by atoms with Crippen LogP contribution in [-0.2, 0) is 28.9 Å². The number of fused-ring (bicyclic) bond motifs is 1. The van der Waals surface area contributed by atoms with Crippen LogP contribution < -0.4 is 15.3 Å². The van der Waals surface area contributed by atoms with Gasteiger partial charge in [0.25, 0.3) is 10.0 Å². The molecule has 1 aromatic heterocycles. The number of sulfonamides is 1. The molecule has 4 aromatic rings. The van der Waals surface area contributed by atoms with Crippen LogP contribution >= 0.6 is 11.6 Å². The molecule has 8 nitrogen and oxygen atoms in total. The van der Waals surface area contributed by atoms with Crippen LogP contribution in [0.5, 0.6) is 0 Å². The van der Waals surface area contributed by atoms with Crippen molar-refractivity contribution in [2.75, 3.05) is 16.2 Å². The largest absolute Gasteiger partial charge is 0.328 e. The fraction of sp³-hybridized carbons (Fsp3) is 0.130. The van der Waals surface area contributed by atoms with Gasteiger partial charge in [0, 0.05) is 19.8 Å². The molecular weight excluding hydrogens is 464 g/mol. The maximum absolute atomic E-state index is 13.4. The molecule has 0 fully saturated rings. The van der Waals surface area contributed by atoms with Gasteiger partial charge in [-0.2, -0.15) is 0 Å². The van der Waals surface area contributed by atoms with Gasteiger partial charge in [0.2, 0.25) is 5.91 Å². The third-order valence-corrected chi connectivity index (χ3v) is 7.39. The second-order valence-electron chi connectivity index (χ2n) is 7.43. The topological polar surface area (TPSA) is 93.4 Å². The zero-order valence-electron chi connectivity index (χ0n) is 17.9. The van der Waals surface area contributed by atoms with Gasteiger partial charge in [-0.1, -0.05) is 41.9 Å². The summed E-state index contributed by atoms with van der Waals surface area (Å²) in [4.78, 5) is 25.1. The number of imidazole rings is 1.